The van der Waals surface area contributed by atoms with Gasteiger partial charge in [0.15, 0.2) is 0 Å². The molecule has 0 fully saturated rings. The van der Waals surface area contributed by atoms with Crippen molar-refractivity contribution < 1.29 is 9.53 Å². The number of benzene rings is 1. The molecule has 0 unspecified atom stereocenters. The van der Waals surface area contributed by atoms with Crippen LogP contribution in [0, 0.1) is 6.92 Å². The molecule has 0 saturated heterocycles. The molecule has 16 heavy (non-hydrogen) atoms. The fourth-order valence-corrected chi connectivity index (χ4v) is 1.38. The van der Waals surface area contributed by atoms with Gasteiger partial charge in [-0.05, 0) is 31.0 Å². The average molecular weight is 221 g/mol. The second kappa shape index (κ2) is 6.88. The number of nitrogens with one attached hydrogen (secondary N) is 1. The molecular weight excluding hydrogens is 202 g/mol. The van der Waals surface area contributed by atoms with Crippen LogP contribution in [0.5, 0.6) is 5.75 Å². The molecule has 1 N–H and O–H groups in total. The van der Waals surface area contributed by atoms with Crippen LogP contribution >= 0.6 is 0 Å². The normalized spacial score (nSPS) is 9.88. The average Bonchev–Trinajstić information content (AvgIpc) is 2.25. The molecule has 0 heterocycles. The summed E-state index contributed by atoms with van der Waals surface area (Å²) >= 11 is 0. The van der Waals surface area contributed by atoms with E-state index >= 15 is 0 Å². The number of ether oxygens (including phenoxy) is 1. The van der Waals surface area contributed by atoms with Crippen LogP contribution in [0.15, 0.2) is 24.3 Å². The van der Waals surface area contributed by atoms with Crippen molar-refractivity contribution in [1.82, 2.24) is 5.32 Å². The van der Waals surface area contributed by atoms with Gasteiger partial charge in [0.1, 0.15) is 12.4 Å². The van der Waals surface area contributed by atoms with E-state index < -0.39 is 0 Å². The Morgan fingerprint density at radius 3 is 2.94 bits per heavy atom. The maximum Gasteiger partial charge on any atom is 0.220 e. The molecule has 0 aliphatic carbocycles. The van der Waals surface area contributed by atoms with Crippen molar-refractivity contribution in [2.45, 2.75) is 26.7 Å². The van der Waals surface area contributed by atoms with Gasteiger partial charge in [0.2, 0.25) is 5.91 Å². The summed E-state index contributed by atoms with van der Waals surface area (Å²) in [6, 6.07) is 7.88. The highest BCUT2D eigenvalue weighted by molar-refractivity contribution is 5.75. The monoisotopic (exact) mass is 221 g/mol. The van der Waals surface area contributed by atoms with Crippen LogP contribution in [-0.4, -0.2) is 19.1 Å². The van der Waals surface area contributed by atoms with Crippen LogP contribution in [-0.2, 0) is 4.79 Å². The Labute approximate surface area is 96.8 Å². The fourth-order valence-electron chi connectivity index (χ4n) is 1.38. The lowest BCUT2D eigenvalue weighted by Crippen LogP contribution is -2.27. The van der Waals surface area contributed by atoms with Crippen LogP contribution in [0.2, 0.25) is 0 Å². The summed E-state index contributed by atoms with van der Waals surface area (Å²) in [6.45, 7) is 5.09. The number of amides is 1. The lowest BCUT2D eigenvalue weighted by Gasteiger charge is -2.07. The first-order valence-electron chi connectivity index (χ1n) is 5.68. The van der Waals surface area contributed by atoms with Gasteiger partial charge in [-0.15, -0.1) is 0 Å². The second-order valence-corrected chi connectivity index (χ2v) is 3.76. The lowest BCUT2D eigenvalue weighted by molar-refractivity contribution is -0.121. The minimum atomic E-state index is 0.0929. The summed E-state index contributed by atoms with van der Waals surface area (Å²) in [6.07, 6.45) is 1.47. The smallest absolute Gasteiger partial charge is 0.220 e. The van der Waals surface area contributed by atoms with Crippen molar-refractivity contribution in [2.75, 3.05) is 13.2 Å². The highest BCUT2D eigenvalue weighted by Gasteiger charge is 1.98. The molecular formula is C13H19NO2. The second-order valence-electron chi connectivity index (χ2n) is 3.76. The first-order chi connectivity index (χ1) is 7.72. The molecule has 88 valence electrons. The summed E-state index contributed by atoms with van der Waals surface area (Å²) in [7, 11) is 0. The van der Waals surface area contributed by atoms with Crippen molar-refractivity contribution in [3.05, 3.63) is 29.8 Å². The third kappa shape index (κ3) is 4.82. The molecule has 0 radical (unpaired) electrons. The maximum absolute atomic E-state index is 11.1. The van der Waals surface area contributed by atoms with Gasteiger partial charge in [-0.3, -0.25) is 4.79 Å². The third-order valence-electron chi connectivity index (χ3n) is 2.16. The molecule has 1 aromatic carbocycles. The summed E-state index contributed by atoms with van der Waals surface area (Å²) < 4.78 is 5.50. The van der Waals surface area contributed by atoms with Crippen LogP contribution < -0.4 is 10.1 Å². The Hall–Kier alpha value is -1.51. The fraction of sp³-hybridized carbons (Fsp3) is 0.462. The highest BCUT2D eigenvalue weighted by atomic mass is 16.5. The zero-order valence-corrected chi connectivity index (χ0v) is 9.95. The van der Waals surface area contributed by atoms with Gasteiger partial charge < -0.3 is 10.1 Å². The van der Waals surface area contributed by atoms with Crippen molar-refractivity contribution in [3.8, 4) is 5.75 Å². The van der Waals surface area contributed by atoms with E-state index in [-0.39, 0.29) is 5.91 Å². The molecule has 0 atom stereocenters. The molecule has 1 rings (SSSR count). The quantitative estimate of drug-likeness (QED) is 0.748. The number of hydrogen-bond donors (Lipinski definition) is 1. The maximum atomic E-state index is 11.1. The van der Waals surface area contributed by atoms with Crippen LogP contribution in [0.3, 0.4) is 0 Å². The van der Waals surface area contributed by atoms with Crippen molar-refractivity contribution in [1.29, 1.82) is 0 Å². The van der Waals surface area contributed by atoms with Crippen LogP contribution in [0.25, 0.3) is 0 Å². The Morgan fingerprint density at radius 1 is 1.44 bits per heavy atom. The zero-order chi connectivity index (χ0) is 11.8. The SMILES string of the molecule is CCCC(=O)NCCOc1cccc(C)c1. The number of aryl methyl sites for hydroxylation is 1. The van der Waals surface area contributed by atoms with Gasteiger partial charge in [-0.2, -0.15) is 0 Å². The largest absolute Gasteiger partial charge is 0.492 e. The molecule has 0 aliphatic rings. The zero-order valence-electron chi connectivity index (χ0n) is 9.95. The summed E-state index contributed by atoms with van der Waals surface area (Å²) in [4.78, 5) is 11.1. The number of hydrogen-bond acceptors (Lipinski definition) is 2. The molecule has 0 aliphatic heterocycles. The topological polar surface area (TPSA) is 38.3 Å². The number of rotatable bonds is 6. The Bertz CT molecular complexity index is 336. The van der Waals surface area contributed by atoms with E-state index in [0.29, 0.717) is 19.6 Å². The predicted octanol–water partition coefficient (Wildman–Crippen LogP) is 2.29. The van der Waals surface area contributed by atoms with Gasteiger partial charge in [-0.1, -0.05) is 19.1 Å². The summed E-state index contributed by atoms with van der Waals surface area (Å²) in [5.41, 5.74) is 1.17. The molecule has 0 aromatic heterocycles. The molecule has 1 amide bonds. The standard InChI is InChI=1S/C13H19NO2/c1-3-5-13(15)14-8-9-16-12-7-4-6-11(2)10-12/h4,6-7,10H,3,5,8-9H2,1-2H3,(H,14,15). The van der Waals surface area contributed by atoms with E-state index in [4.69, 9.17) is 4.74 Å². The van der Waals surface area contributed by atoms with E-state index in [1.165, 1.54) is 5.56 Å². The number of carbonyl (C=O) groups is 1. The van der Waals surface area contributed by atoms with E-state index in [1.807, 2.05) is 38.1 Å². The van der Waals surface area contributed by atoms with E-state index in [2.05, 4.69) is 5.32 Å². The van der Waals surface area contributed by atoms with E-state index in [9.17, 15) is 4.79 Å². The molecule has 0 bridgehead atoms. The van der Waals surface area contributed by atoms with Gasteiger partial charge >= 0.3 is 0 Å². The Morgan fingerprint density at radius 2 is 2.25 bits per heavy atom. The van der Waals surface area contributed by atoms with Gasteiger partial charge in [-0.25, -0.2) is 0 Å². The molecule has 3 nitrogen and oxygen atoms in total. The van der Waals surface area contributed by atoms with E-state index in [0.717, 1.165) is 12.2 Å². The van der Waals surface area contributed by atoms with E-state index in [1.54, 1.807) is 0 Å². The van der Waals surface area contributed by atoms with Gasteiger partial charge in [0, 0.05) is 6.42 Å². The summed E-state index contributed by atoms with van der Waals surface area (Å²) in [5, 5.41) is 2.80. The first-order valence-corrected chi connectivity index (χ1v) is 5.68. The third-order valence-corrected chi connectivity index (χ3v) is 2.16. The van der Waals surface area contributed by atoms with Crippen molar-refractivity contribution in [3.63, 3.8) is 0 Å². The first kappa shape index (κ1) is 12.6. The van der Waals surface area contributed by atoms with Crippen molar-refractivity contribution in [2.24, 2.45) is 0 Å². The minimum Gasteiger partial charge on any atom is -0.492 e. The molecule has 0 spiro atoms. The minimum absolute atomic E-state index is 0.0929. The van der Waals surface area contributed by atoms with Crippen LogP contribution in [0.1, 0.15) is 25.3 Å². The Balaban J connectivity index is 2.18. The van der Waals surface area contributed by atoms with Gasteiger partial charge in [0.25, 0.3) is 0 Å². The van der Waals surface area contributed by atoms with Gasteiger partial charge in [0.05, 0.1) is 6.54 Å². The Kier molecular flexibility index (Phi) is 5.40. The highest BCUT2D eigenvalue weighted by Crippen LogP contribution is 2.11. The lowest BCUT2D eigenvalue weighted by atomic mass is 10.2. The van der Waals surface area contributed by atoms with Crippen LogP contribution in [0.4, 0.5) is 0 Å². The van der Waals surface area contributed by atoms with Crippen molar-refractivity contribution >= 4 is 5.91 Å². The predicted molar refractivity (Wildman–Crippen MR) is 64.6 cm³/mol. The number of carbonyl (C=O) groups excluding carboxylic acids is 1. The molecule has 3 heteroatoms. The summed E-state index contributed by atoms with van der Waals surface area (Å²) in [5.74, 6) is 0.945. The molecule has 1 aromatic rings. The molecule has 0 saturated carbocycles.